The highest BCUT2D eigenvalue weighted by Crippen LogP contribution is 2.27. The standard InChI is InChI=1S/C19H31N3O2S.C2H6/c1-16(2)25(23,24)19-5-3-4-18(14-19)22-10-6-17(7-11-22)15-21-12-8-20-9-13-21;1-2/h3-5,14,16-17,20H,6-13,15H2,1-2H3;1-2H3. The van der Waals surface area contributed by atoms with Gasteiger partial charge in [0.2, 0.25) is 0 Å². The van der Waals surface area contributed by atoms with Gasteiger partial charge in [-0.05, 0) is 50.8 Å². The van der Waals surface area contributed by atoms with Crippen LogP contribution in [0.1, 0.15) is 40.5 Å². The molecule has 0 amide bonds. The van der Waals surface area contributed by atoms with E-state index in [2.05, 4.69) is 15.1 Å². The Morgan fingerprint density at radius 3 is 2.30 bits per heavy atom. The zero-order chi connectivity index (χ0) is 19.9. The van der Waals surface area contributed by atoms with Crippen molar-refractivity contribution in [3.05, 3.63) is 24.3 Å². The molecule has 0 atom stereocenters. The smallest absolute Gasteiger partial charge is 0.180 e. The Labute approximate surface area is 166 Å². The molecule has 2 heterocycles. The van der Waals surface area contributed by atoms with Gasteiger partial charge in [-0.15, -0.1) is 0 Å². The van der Waals surface area contributed by atoms with Gasteiger partial charge in [0, 0.05) is 51.5 Å². The van der Waals surface area contributed by atoms with E-state index >= 15 is 0 Å². The quantitative estimate of drug-likeness (QED) is 0.831. The fourth-order valence-corrected chi connectivity index (χ4v) is 4.86. The largest absolute Gasteiger partial charge is 0.371 e. The van der Waals surface area contributed by atoms with Crippen molar-refractivity contribution in [3.63, 3.8) is 0 Å². The van der Waals surface area contributed by atoms with Gasteiger partial charge in [0.15, 0.2) is 9.84 Å². The molecule has 0 radical (unpaired) electrons. The van der Waals surface area contributed by atoms with E-state index in [1.165, 1.54) is 19.4 Å². The van der Waals surface area contributed by atoms with E-state index in [-0.39, 0.29) is 5.25 Å². The zero-order valence-electron chi connectivity index (χ0n) is 17.4. The molecule has 6 heteroatoms. The lowest BCUT2D eigenvalue weighted by Crippen LogP contribution is -2.46. The third-order valence-electron chi connectivity index (χ3n) is 5.47. The highest BCUT2D eigenvalue weighted by atomic mass is 32.2. The molecule has 0 bridgehead atoms. The number of piperidine rings is 1. The van der Waals surface area contributed by atoms with Gasteiger partial charge in [0.05, 0.1) is 10.1 Å². The Kier molecular flexibility index (Phi) is 8.58. The van der Waals surface area contributed by atoms with Crippen LogP contribution < -0.4 is 10.2 Å². The highest BCUT2D eigenvalue weighted by Gasteiger charge is 2.24. The summed E-state index contributed by atoms with van der Waals surface area (Å²) < 4.78 is 24.8. The van der Waals surface area contributed by atoms with Crippen molar-refractivity contribution < 1.29 is 8.42 Å². The van der Waals surface area contributed by atoms with Crippen LogP contribution >= 0.6 is 0 Å². The van der Waals surface area contributed by atoms with Gasteiger partial charge >= 0.3 is 0 Å². The maximum Gasteiger partial charge on any atom is 0.180 e. The minimum absolute atomic E-state index is 0.382. The van der Waals surface area contributed by atoms with Crippen molar-refractivity contribution in [1.29, 1.82) is 0 Å². The maximum atomic E-state index is 12.4. The molecule has 0 aromatic heterocycles. The van der Waals surface area contributed by atoms with Gasteiger partial charge in [-0.2, -0.15) is 0 Å². The van der Waals surface area contributed by atoms with Crippen LogP contribution in [-0.2, 0) is 9.84 Å². The lowest BCUT2D eigenvalue weighted by atomic mass is 9.95. The van der Waals surface area contributed by atoms with Crippen LogP contribution in [0.2, 0.25) is 0 Å². The number of rotatable bonds is 5. The maximum absolute atomic E-state index is 12.4. The minimum Gasteiger partial charge on any atom is -0.371 e. The number of anilines is 1. The number of hydrogen-bond acceptors (Lipinski definition) is 5. The summed E-state index contributed by atoms with van der Waals surface area (Å²) in [5.74, 6) is 0.761. The van der Waals surface area contributed by atoms with Gasteiger partial charge in [-0.1, -0.05) is 19.9 Å². The fraction of sp³-hybridized carbons (Fsp3) is 0.714. The van der Waals surface area contributed by atoms with Crippen molar-refractivity contribution in [3.8, 4) is 0 Å². The number of hydrogen-bond donors (Lipinski definition) is 1. The van der Waals surface area contributed by atoms with E-state index in [1.54, 1.807) is 19.9 Å². The van der Waals surface area contributed by atoms with E-state index in [0.717, 1.165) is 50.9 Å². The lowest BCUT2D eigenvalue weighted by Gasteiger charge is -2.37. The topological polar surface area (TPSA) is 52.7 Å². The van der Waals surface area contributed by atoms with Crippen molar-refractivity contribution in [2.45, 2.75) is 50.7 Å². The van der Waals surface area contributed by atoms with Gasteiger partial charge < -0.3 is 15.1 Å². The summed E-state index contributed by atoms with van der Waals surface area (Å²) >= 11 is 0. The first-order valence-corrected chi connectivity index (χ1v) is 12.0. The van der Waals surface area contributed by atoms with Crippen LogP contribution in [0, 0.1) is 5.92 Å². The third-order valence-corrected chi connectivity index (χ3v) is 7.62. The molecule has 5 nitrogen and oxygen atoms in total. The van der Waals surface area contributed by atoms with Crippen LogP contribution in [0.25, 0.3) is 0 Å². The van der Waals surface area contributed by atoms with E-state index in [0.29, 0.717) is 4.90 Å². The second-order valence-electron chi connectivity index (χ2n) is 7.57. The molecule has 0 aliphatic carbocycles. The monoisotopic (exact) mass is 395 g/mol. The van der Waals surface area contributed by atoms with Gasteiger partial charge in [0.1, 0.15) is 0 Å². The summed E-state index contributed by atoms with van der Waals surface area (Å²) in [6.07, 6.45) is 2.37. The van der Waals surface area contributed by atoms with Crippen molar-refractivity contribution in [2.75, 3.05) is 50.7 Å². The number of sulfone groups is 1. The molecule has 0 spiro atoms. The Bertz CT molecular complexity index is 662. The van der Waals surface area contributed by atoms with E-state index in [1.807, 2.05) is 32.0 Å². The van der Waals surface area contributed by atoms with Crippen LogP contribution in [0.15, 0.2) is 29.2 Å². The summed E-state index contributed by atoms with van der Waals surface area (Å²) in [6, 6.07) is 7.48. The first kappa shape index (κ1) is 22.2. The molecule has 1 aromatic carbocycles. The molecule has 1 N–H and O–H groups in total. The zero-order valence-corrected chi connectivity index (χ0v) is 18.3. The molecule has 2 fully saturated rings. The Hall–Kier alpha value is -1.11. The van der Waals surface area contributed by atoms with Crippen LogP contribution in [0.3, 0.4) is 0 Å². The van der Waals surface area contributed by atoms with Gasteiger partial charge in [-0.3, -0.25) is 0 Å². The molecule has 2 aliphatic heterocycles. The van der Waals surface area contributed by atoms with Crippen molar-refractivity contribution >= 4 is 15.5 Å². The molecule has 2 saturated heterocycles. The fourth-order valence-electron chi connectivity index (χ4n) is 3.76. The SMILES string of the molecule is CC.CC(C)S(=O)(=O)c1cccc(N2CCC(CN3CCNCC3)CC2)c1. The molecule has 2 aliphatic rings. The third kappa shape index (κ3) is 5.93. The lowest BCUT2D eigenvalue weighted by molar-refractivity contribution is 0.190. The average Bonchev–Trinajstić information content (AvgIpc) is 2.71. The Morgan fingerprint density at radius 1 is 1.07 bits per heavy atom. The Balaban J connectivity index is 0.00000126. The predicted molar refractivity (Wildman–Crippen MR) is 114 cm³/mol. The van der Waals surface area contributed by atoms with E-state index in [9.17, 15) is 8.42 Å². The summed E-state index contributed by atoms with van der Waals surface area (Å²) in [5.41, 5.74) is 1.04. The molecular weight excluding hydrogens is 358 g/mol. The molecule has 3 rings (SSSR count). The molecule has 0 unspecified atom stereocenters. The van der Waals surface area contributed by atoms with Gasteiger partial charge in [-0.25, -0.2) is 8.42 Å². The summed E-state index contributed by atoms with van der Waals surface area (Å²) in [6.45, 7) is 15.3. The number of nitrogens with zero attached hydrogens (tertiary/aromatic N) is 2. The van der Waals surface area contributed by atoms with Crippen molar-refractivity contribution in [1.82, 2.24) is 10.2 Å². The van der Waals surface area contributed by atoms with Crippen LogP contribution in [0.4, 0.5) is 5.69 Å². The number of nitrogens with one attached hydrogen (secondary N) is 1. The summed E-state index contributed by atoms with van der Waals surface area (Å²) in [5, 5.41) is 3.02. The highest BCUT2D eigenvalue weighted by molar-refractivity contribution is 7.92. The minimum atomic E-state index is -3.21. The number of piperazine rings is 1. The van der Waals surface area contributed by atoms with E-state index < -0.39 is 9.84 Å². The molecule has 1 aromatic rings. The molecule has 0 saturated carbocycles. The molecule has 154 valence electrons. The van der Waals surface area contributed by atoms with Crippen LogP contribution in [-0.4, -0.2) is 64.4 Å². The van der Waals surface area contributed by atoms with Crippen molar-refractivity contribution in [2.24, 2.45) is 5.92 Å². The van der Waals surface area contributed by atoms with Gasteiger partial charge in [0.25, 0.3) is 0 Å². The second-order valence-corrected chi connectivity index (χ2v) is 10.1. The van der Waals surface area contributed by atoms with Crippen LogP contribution in [0.5, 0.6) is 0 Å². The second kappa shape index (κ2) is 10.4. The molecule has 27 heavy (non-hydrogen) atoms. The normalized spacial score (nSPS) is 19.7. The predicted octanol–water partition coefficient (Wildman–Crippen LogP) is 3.02. The first-order chi connectivity index (χ1) is 13.0. The summed E-state index contributed by atoms with van der Waals surface area (Å²) in [7, 11) is -3.21. The summed E-state index contributed by atoms with van der Waals surface area (Å²) in [4.78, 5) is 5.36. The first-order valence-electron chi connectivity index (χ1n) is 10.5. The number of benzene rings is 1. The Morgan fingerprint density at radius 2 is 1.70 bits per heavy atom. The molecular formula is C21H37N3O2S. The van der Waals surface area contributed by atoms with E-state index in [4.69, 9.17) is 0 Å². The average molecular weight is 396 g/mol.